The van der Waals surface area contributed by atoms with E-state index in [-0.39, 0.29) is 11.9 Å². The van der Waals surface area contributed by atoms with Crippen LogP contribution < -0.4 is 10.2 Å². The number of fused-ring (bicyclic) bond motifs is 1. The van der Waals surface area contributed by atoms with E-state index >= 15 is 0 Å². The van der Waals surface area contributed by atoms with Crippen LogP contribution in [0.4, 0.5) is 5.69 Å². The van der Waals surface area contributed by atoms with Gasteiger partial charge in [-0.25, -0.2) is 0 Å². The summed E-state index contributed by atoms with van der Waals surface area (Å²) < 4.78 is 1.04. The molecule has 1 atom stereocenters. The van der Waals surface area contributed by atoms with Gasteiger partial charge in [-0.1, -0.05) is 28.4 Å². The molecule has 2 aliphatic heterocycles. The number of anilines is 1. The number of halogens is 1. The maximum Gasteiger partial charge on any atom is 0.244 e. The van der Waals surface area contributed by atoms with E-state index in [4.69, 9.17) is 0 Å². The molecule has 3 nitrogen and oxygen atoms in total. The van der Waals surface area contributed by atoms with Crippen molar-refractivity contribution < 1.29 is 4.79 Å². The fourth-order valence-electron chi connectivity index (χ4n) is 2.83. The molecule has 3 rings (SSSR count). The van der Waals surface area contributed by atoms with Gasteiger partial charge >= 0.3 is 0 Å². The molecule has 1 N–H and O–H groups in total. The van der Waals surface area contributed by atoms with Crippen molar-refractivity contribution in [2.24, 2.45) is 0 Å². The molecule has 0 aromatic heterocycles. The van der Waals surface area contributed by atoms with Crippen molar-refractivity contribution >= 4 is 27.5 Å². The molecule has 4 heteroatoms. The van der Waals surface area contributed by atoms with Crippen molar-refractivity contribution in [2.45, 2.75) is 31.7 Å². The van der Waals surface area contributed by atoms with Crippen LogP contribution >= 0.6 is 15.9 Å². The zero-order valence-electron chi connectivity index (χ0n) is 10.3. The molecule has 0 saturated carbocycles. The number of nitrogens with zero attached hydrogens (tertiary/aromatic N) is 1. The summed E-state index contributed by atoms with van der Waals surface area (Å²) in [5.41, 5.74) is 2.36. The number of hydrogen-bond donors (Lipinski definition) is 1. The van der Waals surface area contributed by atoms with Crippen molar-refractivity contribution in [3.8, 4) is 0 Å². The fourth-order valence-corrected chi connectivity index (χ4v) is 3.18. The maximum absolute atomic E-state index is 12.5. The summed E-state index contributed by atoms with van der Waals surface area (Å²) in [4.78, 5) is 14.5. The Hall–Kier alpha value is -0.870. The van der Waals surface area contributed by atoms with E-state index in [1.807, 2.05) is 11.0 Å². The van der Waals surface area contributed by atoms with Gasteiger partial charge in [0.1, 0.15) is 0 Å². The molecule has 1 aromatic carbocycles. The lowest BCUT2D eigenvalue weighted by Gasteiger charge is -2.27. The molecule has 1 unspecified atom stereocenters. The van der Waals surface area contributed by atoms with E-state index in [0.717, 1.165) is 42.5 Å². The Kier molecular flexibility index (Phi) is 3.39. The van der Waals surface area contributed by atoms with Crippen LogP contribution in [0.25, 0.3) is 0 Å². The smallest absolute Gasteiger partial charge is 0.244 e. The first-order valence-electron chi connectivity index (χ1n) is 6.59. The normalized spacial score (nSPS) is 22.9. The minimum atomic E-state index is 0.0173. The van der Waals surface area contributed by atoms with Crippen molar-refractivity contribution in [1.82, 2.24) is 5.32 Å². The van der Waals surface area contributed by atoms with E-state index in [1.165, 1.54) is 12.0 Å². The van der Waals surface area contributed by atoms with Gasteiger partial charge in [0.2, 0.25) is 5.91 Å². The van der Waals surface area contributed by atoms with Gasteiger partial charge in [-0.05, 0) is 43.5 Å². The second-order valence-electron chi connectivity index (χ2n) is 5.02. The van der Waals surface area contributed by atoms with Crippen LogP contribution in [-0.4, -0.2) is 25.0 Å². The van der Waals surface area contributed by atoms with Crippen molar-refractivity contribution in [3.63, 3.8) is 0 Å². The number of nitrogens with one attached hydrogen (secondary N) is 1. The summed E-state index contributed by atoms with van der Waals surface area (Å²) in [5, 5.41) is 3.34. The molecule has 1 saturated heterocycles. The molecule has 2 heterocycles. The Bertz CT molecular complexity index is 469. The molecule has 0 radical (unpaired) electrons. The van der Waals surface area contributed by atoms with E-state index < -0.39 is 0 Å². The number of hydrogen-bond acceptors (Lipinski definition) is 2. The van der Waals surface area contributed by atoms with E-state index in [2.05, 4.69) is 33.4 Å². The molecule has 1 fully saturated rings. The molecule has 96 valence electrons. The van der Waals surface area contributed by atoms with Crippen LogP contribution in [0, 0.1) is 0 Å². The highest BCUT2D eigenvalue weighted by Gasteiger charge is 2.30. The highest BCUT2D eigenvalue weighted by Crippen LogP contribution is 2.31. The number of carbonyl (C=O) groups excluding carboxylic acids is 1. The molecule has 1 amide bonds. The number of benzene rings is 1. The Balaban J connectivity index is 1.82. The van der Waals surface area contributed by atoms with Crippen LogP contribution in [0.3, 0.4) is 0 Å². The molecule has 0 bridgehead atoms. The SMILES string of the molecule is O=C(C1CCCCN1)N1CCc2ccc(Br)cc21. The zero-order chi connectivity index (χ0) is 12.5. The third-order valence-electron chi connectivity index (χ3n) is 3.82. The van der Waals surface area contributed by atoms with Crippen molar-refractivity contribution in [3.05, 3.63) is 28.2 Å². The number of carbonyl (C=O) groups is 1. The summed E-state index contributed by atoms with van der Waals surface area (Å²) in [5.74, 6) is 0.242. The first-order valence-corrected chi connectivity index (χ1v) is 7.38. The Morgan fingerprint density at radius 3 is 3.06 bits per heavy atom. The van der Waals surface area contributed by atoms with Gasteiger partial charge in [0.25, 0.3) is 0 Å². The predicted molar refractivity (Wildman–Crippen MR) is 75.8 cm³/mol. The van der Waals surface area contributed by atoms with Crippen LogP contribution in [0.15, 0.2) is 22.7 Å². The molecule has 2 aliphatic rings. The number of rotatable bonds is 1. The average Bonchev–Trinajstić information content (AvgIpc) is 2.82. The minimum absolute atomic E-state index is 0.0173. The lowest BCUT2D eigenvalue weighted by molar-refractivity contribution is -0.121. The van der Waals surface area contributed by atoms with Gasteiger partial charge in [0, 0.05) is 16.7 Å². The van der Waals surface area contributed by atoms with E-state index in [9.17, 15) is 4.79 Å². The highest BCUT2D eigenvalue weighted by molar-refractivity contribution is 9.10. The van der Waals surface area contributed by atoms with Crippen molar-refractivity contribution in [2.75, 3.05) is 18.0 Å². The Labute approximate surface area is 116 Å². The van der Waals surface area contributed by atoms with E-state index in [1.54, 1.807) is 0 Å². The molecular formula is C14H17BrN2O. The summed E-state index contributed by atoms with van der Waals surface area (Å²) in [6, 6.07) is 6.24. The lowest BCUT2D eigenvalue weighted by Crippen LogP contribution is -2.48. The monoisotopic (exact) mass is 308 g/mol. The van der Waals surface area contributed by atoms with Crippen molar-refractivity contribution in [1.29, 1.82) is 0 Å². The summed E-state index contributed by atoms with van der Waals surface area (Å²) >= 11 is 3.48. The van der Waals surface area contributed by atoms with Gasteiger partial charge in [0.05, 0.1) is 6.04 Å². The van der Waals surface area contributed by atoms with Gasteiger partial charge < -0.3 is 10.2 Å². The summed E-state index contributed by atoms with van der Waals surface area (Å²) in [6.45, 7) is 1.79. The van der Waals surface area contributed by atoms with Crippen LogP contribution in [0.1, 0.15) is 24.8 Å². The standard InChI is InChI=1S/C14H17BrN2O/c15-11-5-4-10-6-8-17(13(10)9-11)14(18)12-3-1-2-7-16-12/h4-5,9,12,16H,1-3,6-8H2. The quantitative estimate of drug-likeness (QED) is 0.864. The van der Waals surface area contributed by atoms with Gasteiger partial charge in [-0.3, -0.25) is 4.79 Å². The largest absolute Gasteiger partial charge is 0.310 e. The number of piperidine rings is 1. The third kappa shape index (κ3) is 2.19. The molecular weight excluding hydrogens is 292 g/mol. The predicted octanol–water partition coefficient (Wildman–Crippen LogP) is 2.48. The maximum atomic E-state index is 12.5. The molecule has 18 heavy (non-hydrogen) atoms. The highest BCUT2D eigenvalue weighted by atomic mass is 79.9. The van der Waals surface area contributed by atoms with Crippen LogP contribution in [0.2, 0.25) is 0 Å². The van der Waals surface area contributed by atoms with Crippen LogP contribution in [-0.2, 0) is 11.2 Å². The summed E-state index contributed by atoms with van der Waals surface area (Å²) in [7, 11) is 0. The second-order valence-corrected chi connectivity index (χ2v) is 5.93. The number of amides is 1. The van der Waals surface area contributed by atoms with Gasteiger partial charge in [0.15, 0.2) is 0 Å². The summed E-state index contributed by atoms with van der Waals surface area (Å²) in [6.07, 6.45) is 4.29. The van der Waals surface area contributed by atoms with Gasteiger partial charge in [-0.2, -0.15) is 0 Å². The fraction of sp³-hybridized carbons (Fsp3) is 0.500. The Morgan fingerprint density at radius 2 is 2.28 bits per heavy atom. The Morgan fingerprint density at radius 1 is 1.39 bits per heavy atom. The molecule has 1 aromatic rings. The lowest BCUT2D eigenvalue weighted by atomic mass is 10.0. The second kappa shape index (κ2) is 5.02. The topological polar surface area (TPSA) is 32.3 Å². The molecule has 0 spiro atoms. The van der Waals surface area contributed by atoms with Crippen LogP contribution in [0.5, 0.6) is 0 Å². The third-order valence-corrected chi connectivity index (χ3v) is 4.31. The first kappa shape index (κ1) is 12.2. The first-order chi connectivity index (χ1) is 8.75. The zero-order valence-corrected chi connectivity index (χ0v) is 11.9. The molecule has 0 aliphatic carbocycles. The van der Waals surface area contributed by atoms with E-state index in [0.29, 0.717) is 0 Å². The minimum Gasteiger partial charge on any atom is -0.310 e. The average molecular weight is 309 g/mol. The van der Waals surface area contributed by atoms with Gasteiger partial charge in [-0.15, -0.1) is 0 Å².